The van der Waals surface area contributed by atoms with Crippen LogP contribution >= 0.6 is 0 Å². The lowest BCUT2D eigenvalue weighted by Crippen LogP contribution is -2.24. The number of hydrogen-bond acceptors (Lipinski definition) is 0. The van der Waals surface area contributed by atoms with Gasteiger partial charge in [0.25, 0.3) is 5.92 Å². The fourth-order valence-corrected chi connectivity index (χ4v) is 1.08. The van der Waals surface area contributed by atoms with Crippen LogP contribution in [0.3, 0.4) is 0 Å². The molecule has 82 valence electrons. The van der Waals surface area contributed by atoms with E-state index in [2.05, 4.69) is 11.8 Å². The largest absolute Gasteiger partial charge is 0.261 e. The second-order valence-corrected chi connectivity index (χ2v) is 3.89. The summed E-state index contributed by atoms with van der Waals surface area (Å²) in [5.74, 6) is 3.09. The molecular formula is C12H20F2. The van der Waals surface area contributed by atoms with E-state index in [-0.39, 0.29) is 5.92 Å². The third kappa shape index (κ3) is 3.29. The van der Waals surface area contributed by atoms with E-state index in [0.717, 1.165) is 6.92 Å². The summed E-state index contributed by atoms with van der Waals surface area (Å²) in [6.07, 6.45) is 1.10. The topological polar surface area (TPSA) is 0 Å². The minimum atomic E-state index is -2.63. The van der Waals surface area contributed by atoms with Gasteiger partial charge in [0.2, 0.25) is 0 Å². The number of rotatable bonds is 1. The van der Waals surface area contributed by atoms with Gasteiger partial charge in [-0.15, -0.1) is 0 Å². The molecule has 0 spiro atoms. The summed E-state index contributed by atoms with van der Waals surface area (Å²) in [4.78, 5) is 0. The first-order chi connectivity index (χ1) is 6.37. The van der Waals surface area contributed by atoms with Crippen molar-refractivity contribution in [1.82, 2.24) is 0 Å². The van der Waals surface area contributed by atoms with E-state index < -0.39 is 11.3 Å². The molecule has 1 aliphatic carbocycles. The second-order valence-electron chi connectivity index (χ2n) is 3.89. The summed E-state index contributed by atoms with van der Waals surface area (Å²) < 4.78 is 25.8. The van der Waals surface area contributed by atoms with Gasteiger partial charge in [0.15, 0.2) is 0 Å². The van der Waals surface area contributed by atoms with E-state index >= 15 is 0 Å². The van der Waals surface area contributed by atoms with Gasteiger partial charge >= 0.3 is 0 Å². The molecule has 14 heavy (non-hydrogen) atoms. The van der Waals surface area contributed by atoms with Crippen molar-refractivity contribution in [3.63, 3.8) is 0 Å². The number of hydrogen-bond donors (Lipinski definition) is 0. The summed E-state index contributed by atoms with van der Waals surface area (Å²) in [5, 5.41) is 0. The lowest BCUT2D eigenvalue weighted by atomic mass is 9.99. The standard InChI is InChI=1S/C10H14F2.C2H6/c1-8(2)4-5-10(6-7-10)9(3,11)12;1-2/h8H,6-7H2,1-3H3;1-2H3. The fourth-order valence-electron chi connectivity index (χ4n) is 1.08. The van der Waals surface area contributed by atoms with Crippen molar-refractivity contribution in [2.24, 2.45) is 11.3 Å². The summed E-state index contributed by atoms with van der Waals surface area (Å²) in [7, 11) is 0. The highest BCUT2D eigenvalue weighted by Crippen LogP contribution is 2.56. The highest BCUT2D eigenvalue weighted by atomic mass is 19.3. The Hall–Kier alpha value is -0.580. The van der Waals surface area contributed by atoms with Crippen molar-refractivity contribution >= 4 is 0 Å². The van der Waals surface area contributed by atoms with E-state index in [1.165, 1.54) is 0 Å². The maximum atomic E-state index is 12.9. The Morgan fingerprint density at radius 3 is 1.86 bits per heavy atom. The zero-order valence-corrected chi connectivity index (χ0v) is 9.75. The van der Waals surface area contributed by atoms with Gasteiger partial charge in [-0.3, -0.25) is 0 Å². The molecule has 0 atom stereocenters. The maximum Gasteiger partial charge on any atom is 0.261 e. The van der Waals surface area contributed by atoms with E-state index in [9.17, 15) is 8.78 Å². The van der Waals surface area contributed by atoms with Gasteiger partial charge in [-0.25, -0.2) is 8.78 Å². The first-order valence-electron chi connectivity index (χ1n) is 5.28. The van der Waals surface area contributed by atoms with Crippen molar-refractivity contribution in [3.05, 3.63) is 0 Å². The molecule has 2 heteroatoms. The van der Waals surface area contributed by atoms with Crippen LogP contribution in [0.2, 0.25) is 0 Å². The lowest BCUT2D eigenvalue weighted by molar-refractivity contribution is -0.0295. The molecule has 0 nitrogen and oxygen atoms in total. The van der Waals surface area contributed by atoms with Gasteiger partial charge in [-0.05, 0) is 12.8 Å². The zero-order chi connectivity index (χ0) is 11.4. The Kier molecular flexibility index (Phi) is 4.58. The van der Waals surface area contributed by atoms with Gasteiger partial charge in [-0.2, -0.15) is 0 Å². The SMILES string of the molecule is CC.CC(C)C#CC1(C(C)(F)F)CC1. The van der Waals surface area contributed by atoms with Crippen LogP contribution in [0.5, 0.6) is 0 Å². The third-order valence-corrected chi connectivity index (χ3v) is 2.19. The zero-order valence-electron chi connectivity index (χ0n) is 9.75. The molecule has 0 saturated heterocycles. The average Bonchev–Trinajstić information content (AvgIpc) is 2.83. The quantitative estimate of drug-likeness (QED) is 0.561. The highest BCUT2D eigenvalue weighted by molar-refractivity contribution is 5.24. The van der Waals surface area contributed by atoms with Crippen LogP contribution in [-0.2, 0) is 0 Å². The molecular weight excluding hydrogens is 182 g/mol. The average molecular weight is 202 g/mol. The Balaban J connectivity index is 0.000000791. The molecule has 0 aromatic heterocycles. The third-order valence-electron chi connectivity index (χ3n) is 2.19. The lowest BCUT2D eigenvalue weighted by Gasteiger charge is -2.16. The maximum absolute atomic E-state index is 12.9. The highest BCUT2D eigenvalue weighted by Gasteiger charge is 2.58. The van der Waals surface area contributed by atoms with Crippen LogP contribution in [0.15, 0.2) is 0 Å². The van der Waals surface area contributed by atoms with Crippen molar-refractivity contribution in [2.45, 2.75) is 53.4 Å². The van der Waals surface area contributed by atoms with E-state index in [1.54, 1.807) is 0 Å². The summed E-state index contributed by atoms with van der Waals surface area (Å²) in [6, 6.07) is 0. The molecule has 1 rings (SSSR count). The molecule has 0 unspecified atom stereocenters. The van der Waals surface area contributed by atoms with E-state index in [4.69, 9.17) is 0 Å². The Morgan fingerprint density at radius 2 is 1.64 bits per heavy atom. The molecule has 0 heterocycles. The van der Waals surface area contributed by atoms with E-state index in [1.807, 2.05) is 27.7 Å². The number of halogens is 2. The molecule has 0 amide bonds. The van der Waals surface area contributed by atoms with Gasteiger partial charge < -0.3 is 0 Å². The molecule has 0 aliphatic heterocycles. The minimum Gasteiger partial charge on any atom is -0.205 e. The van der Waals surface area contributed by atoms with Crippen LogP contribution in [0.4, 0.5) is 8.78 Å². The molecule has 0 aromatic rings. The predicted octanol–water partition coefficient (Wildman–Crippen LogP) is 4.11. The first-order valence-corrected chi connectivity index (χ1v) is 5.28. The molecule has 1 aliphatic rings. The van der Waals surface area contributed by atoms with Crippen LogP contribution < -0.4 is 0 Å². The van der Waals surface area contributed by atoms with Crippen molar-refractivity contribution in [1.29, 1.82) is 0 Å². The van der Waals surface area contributed by atoms with Crippen LogP contribution in [-0.4, -0.2) is 5.92 Å². The van der Waals surface area contributed by atoms with E-state index in [0.29, 0.717) is 12.8 Å². The second kappa shape index (κ2) is 4.77. The van der Waals surface area contributed by atoms with Crippen LogP contribution in [0.1, 0.15) is 47.5 Å². The molecule has 0 bridgehead atoms. The van der Waals surface area contributed by atoms with Crippen molar-refractivity contribution in [2.75, 3.05) is 0 Å². The summed E-state index contributed by atoms with van der Waals surface area (Å²) in [6.45, 7) is 8.79. The number of alkyl halides is 2. The van der Waals surface area contributed by atoms with Crippen LogP contribution in [0, 0.1) is 23.2 Å². The summed E-state index contributed by atoms with van der Waals surface area (Å²) >= 11 is 0. The van der Waals surface area contributed by atoms with Gasteiger partial charge in [0, 0.05) is 12.8 Å². The van der Waals surface area contributed by atoms with Crippen molar-refractivity contribution in [3.8, 4) is 11.8 Å². The van der Waals surface area contributed by atoms with Crippen molar-refractivity contribution < 1.29 is 8.78 Å². The smallest absolute Gasteiger partial charge is 0.205 e. The first kappa shape index (κ1) is 13.4. The summed E-state index contributed by atoms with van der Waals surface area (Å²) in [5.41, 5.74) is -0.975. The van der Waals surface area contributed by atoms with Crippen LogP contribution in [0.25, 0.3) is 0 Å². The predicted molar refractivity (Wildman–Crippen MR) is 56.3 cm³/mol. The molecule has 0 radical (unpaired) electrons. The molecule has 0 N–H and O–H groups in total. The fraction of sp³-hybridized carbons (Fsp3) is 0.833. The van der Waals surface area contributed by atoms with Gasteiger partial charge in [-0.1, -0.05) is 39.5 Å². The monoisotopic (exact) mass is 202 g/mol. The Bertz CT molecular complexity index is 221. The molecule has 1 saturated carbocycles. The molecule has 0 aromatic carbocycles. The Morgan fingerprint density at radius 1 is 1.21 bits per heavy atom. The van der Waals surface area contributed by atoms with Gasteiger partial charge in [0.1, 0.15) is 0 Å². The van der Waals surface area contributed by atoms with Gasteiger partial charge in [0.05, 0.1) is 5.41 Å². The normalized spacial score (nSPS) is 17.7. The Labute approximate surface area is 86.1 Å². The molecule has 1 fully saturated rings. The minimum absolute atomic E-state index is 0.185.